The van der Waals surface area contributed by atoms with Gasteiger partial charge in [0.25, 0.3) is 5.69 Å². The molecule has 1 aliphatic heterocycles. The van der Waals surface area contributed by atoms with Crippen molar-refractivity contribution >= 4 is 27.4 Å². The quantitative estimate of drug-likeness (QED) is 0.666. The van der Waals surface area contributed by atoms with Crippen LogP contribution in [-0.2, 0) is 0 Å². The van der Waals surface area contributed by atoms with Gasteiger partial charge in [-0.25, -0.2) is 4.98 Å². The average molecular weight is 315 g/mol. The Bertz CT molecular complexity index is 435. The highest BCUT2D eigenvalue weighted by atomic mass is 79.9. The third-order valence-electron chi connectivity index (χ3n) is 2.96. The van der Waals surface area contributed by atoms with Crippen LogP contribution >= 0.6 is 15.9 Å². The van der Waals surface area contributed by atoms with Crippen LogP contribution in [0.5, 0.6) is 0 Å². The number of aromatic nitrogens is 1. The Morgan fingerprint density at radius 1 is 1.50 bits per heavy atom. The minimum atomic E-state index is -0.453. The minimum absolute atomic E-state index is 0.00744. The summed E-state index contributed by atoms with van der Waals surface area (Å²) in [6, 6.07) is 1.46. The third-order valence-corrected chi connectivity index (χ3v) is 3.56. The lowest BCUT2D eigenvalue weighted by atomic mass is 10.4. The number of hydrogen-bond donors (Lipinski definition) is 1. The van der Waals surface area contributed by atoms with Crippen molar-refractivity contribution in [3.05, 3.63) is 26.9 Å². The van der Waals surface area contributed by atoms with E-state index < -0.39 is 4.92 Å². The molecule has 0 bridgehead atoms. The fourth-order valence-corrected chi connectivity index (χ4v) is 2.47. The van der Waals surface area contributed by atoms with E-state index in [-0.39, 0.29) is 5.69 Å². The predicted octanol–water partition coefficient (Wildman–Crippen LogP) is 2.26. The standard InChI is InChI=1S/C11H15BrN4O2/c12-10-7-9(16(17)18)8-14-11(10)13-3-6-15-4-1-2-5-15/h7-8H,1-6H2,(H,13,14). The molecule has 0 aliphatic carbocycles. The summed E-state index contributed by atoms with van der Waals surface area (Å²) in [6.45, 7) is 4.10. The molecule has 1 saturated heterocycles. The van der Waals surface area contributed by atoms with Crippen LogP contribution in [0.15, 0.2) is 16.7 Å². The average Bonchev–Trinajstić information content (AvgIpc) is 2.84. The van der Waals surface area contributed by atoms with Crippen molar-refractivity contribution in [2.24, 2.45) is 0 Å². The van der Waals surface area contributed by atoms with Crippen molar-refractivity contribution in [1.82, 2.24) is 9.88 Å². The van der Waals surface area contributed by atoms with E-state index in [0.717, 1.165) is 26.2 Å². The molecule has 7 heteroatoms. The normalized spacial score (nSPS) is 15.8. The van der Waals surface area contributed by atoms with Gasteiger partial charge in [0.2, 0.25) is 0 Å². The van der Waals surface area contributed by atoms with E-state index in [1.165, 1.54) is 25.1 Å². The largest absolute Gasteiger partial charge is 0.368 e. The van der Waals surface area contributed by atoms with Gasteiger partial charge in [-0.2, -0.15) is 0 Å². The summed E-state index contributed by atoms with van der Waals surface area (Å²) in [7, 11) is 0. The van der Waals surface area contributed by atoms with Gasteiger partial charge >= 0.3 is 0 Å². The number of pyridine rings is 1. The third kappa shape index (κ3) is 3.39. The number of rotatable bonds is 5. The van der Waals surface area contributed by atoms with E-state index in [4.69, 9.17) is 0 Å². The van der Waals surface area contributed by atoms with Crippen LogP contribution in [-0.4, -0.2) is 41.0 Å². The maximum Gasteiger partial charge on any atom is 0.288 e. The van der Waals surface area contributed by atoms with Gasteiger partial charge in [0, 0.05) is 19.2 Å². The summed E-state index contributed by atoms with van der Waals surface area (Å²) >= 11 is 3.29. The molecule has 1 fully saturated rings. The number of likely N-dealkylation sites (tertiary alicyclic amines) is 1. The number of halogens is 1. The van der Waals surface area contributed by atoms with Gasteiger partial charge in [-0.15, -0.1) is 0 Å². The second-order valence-corrected chi connectivity index (χ2v) is 5.11. The number of nitro groups is 1. The zero-order chi connectivity index (χ0) is 13.0. The lowest BCUT2D eigenvalue weighted by molar-refractivity contribution is -0.385. The topological polar surface area (TPSA) is 71.3 Å². The number of anilines is 1. The van der Waals surface area contributed by atoms with Gasteiger partial charge in [-0.3, -0.25) is 10.1 Å². The zero-order valence-electron chi connectivity index (χ0n) is 9.93. The van der Waals surface area contributed by atoms with E-state index in [1.807, 2.05) is 0 Å². The summed E-state index contributed by atoms with van der Waals surface area (Å²) < 4.78 is 0.623. The summed E-state index contributed by atoms with van der Waals surface area (Å²) in [5, 5.41) is 13.8. The molecule has 1 aliphatic rings. The summed E-state index contributed by atoms with van der Waals surface area (Å²) in [5.74, 6) is 0.653. The molecule has 0 saturated carbocycles. The molecule has 1 N–H and O–H groups in total. The van der Waals surface area contributed by atoms with Crippen molar-refractivity contribution in [3.63, 3.8) is 0 Å². The van der Waals surface area contributed by atoms with Crippen LogP contribution in [0.1, 0.15) is 12.8 Å². The van der Waals surface area contributed by atoms with E-state index in [9.17, 15) is 10.1 Å². The fourth-order valence-electron chi connectivity index (χ4n) is 2.00. The van der Waals surface area contributed by atoms with Crippen LogP contribution in [0.4, 0.5) is 11.5 Å². The molecular formula is C11H15BrN4O2. The molecule has 0 aromatic carbocycles. The smallest absolute Gasteiger partial charge is 0.288 e. The Balaban J connectivity index is 1.87. The lowest BCUT2D eigenvalue weighted by Gasteiger charge is -2.15. The van der Waals surface area contributed by atoms with Crippen LogP contribution in [0.3, 0.4) is 0 Å². The molecule has 18 heavy (non-hydrogen) atoms. The Hall–Kier alpha value is -1.21. The van der Waals surface area contributed by atoms with Gasteiger partial charge in [0.05, 0.1) is 9.40 Å². The number of hydrogen-bond acceptors (Lipinski definition) is 5. The number of nitrogens with zero attached hydrogens (tertiary/aromatic N) is 3. The second kappa shape index (κ2) is 6.10. The van der Waals surface area contributed by atoms with Crippen LogP contribution < -0.4 is 5.32 Å². The van der Waals surface area contributed by atoms with E-state index in [0.29, 0.717) is 10.3 Å². The second-order valence-electron chi connectivity index (χ2n) is 4.26. The Kier molecular flexibility index (Phi) is 4.48. The Labute approximate surface area is 114 Å². The number of nitrogens with one attached hydrogen (secondary N) is 1. The highest BCUT2D eigenvalue weighted by Crippen LogP contribution is 2.24. The molecule has 0 atom stereocenters. The first kappa shape index (κ1) is 13.2. The molecule has 0 spiro atoms. The first-order chi connectivity index (χ1) is 8.66. The van der Waals surface area contributed by atoms with Crippen molar-refractivity contribution in [2.75, 3.05) is 31.5 Å². The van der Waals surface area contributed by atoms with Crippen molar-refractivity contribution < 1.29 is 4.92 Å². The summed E-state index contributed by atoms with van der Waals surface area (Å²) in [4.78, 5) is 16.6. The molecule has 0 unspecified atom stereocenters. The molecule has 6 nitrogen and oxygen atoms in total. The lowest BCUT2D eigenvalue weighted by Crippen LogP contribution is -2.26. The first-order valence-corrected chi connectivity index (χ1v) is 6.72. The highest BCUT2D eigenvalue weighted by Gasteiger charge is 2.12. The van der Waals surface area contributed by atoms with Gasteiger partial charge in [-0.05, 0) is 41.9 Å². The minimum Gasteiger partial charge on any atom is -0.368 e. The maximum atomic E-state index is 10.6. The van der Waals surface area contributed by atoms with Gasteiger partial charge in [0.15, 0.2) is 0 Å². The Morgan fingerprint density at radius 2 is 2.22 bits per heavy atom. The summed E-state index contributed by atoms with van der Waals surface area (Å²) in [5.41, 5.74) is -0.00744. The molecule has 2 heterocycles. The molecule has 0 radical (unpaired) electrons. The van der Waals surface area contributed by atoms with E-state index in [1.54, 1.807) is 0 Å². The van der Waals surface area contributed by atoms with Crippen molar-refractivity contribution in [2.45, 2.75) is 12.8 Å². The van der Waals surface area contributed by atoms with Crippen LogP contribution in [0, 0.1) is 10.1 Å². The van der Waals surface area contributed by atoms with Crippen molar-refractivity contribution in [1.29, 1.82) is 0 Å². The monoisotopic (exact) mass is 314 g/mol. The van der Waals surface area contributed by atoms with Gasteiger partial charge < -0.3 is 10.2 Å². The first-order valence-electron chi connectivity index (χ1n) is 5.93. The van der Waals surface area contributed by atoms with Crippen LogP contribution in [0.2, 0.25) is 0 Å². The van der Waals surface area contributed by atoms with E-state index in [2.05, 4.69) is 31.1 Å². The molecule has 2 rings (SSSR count). The Morgan fingerprint density at radius 3 is 2.83 bits per heavy atom. The van der Waals surface area contributed by atoms with Gasteiger partial charge in [-0.1, -0.05) is 0 Å². The summed E-state index contributed by atoms with van der Waals surface area (Å²) in [6.07, 6.45) is 3.82. The zero-order valence-corrected chi connectivity index (χ0v) is 11.5. The highest BCUT2D eigenvalue weighted by molar-refractivity contribution is 9.10. The molecule has 98 valence electrons. The predicted molar refractivity (Wildman–Crippen MR) is 72.8 cm³/mol. The van der Waals surface area contributed by atoms with Gasteiger partial charge in [0.1, 0.15) is 12.0 Å². The fraction of sp³-hybridized carbons (Fsp3) is 0.545. The van der Waals surface area contributed by atoms with Crippen molar-refractivity contribution in [3.8, 4) is 0 Å². The molecule has 0 amide bonds. The molecule has 1 aromatic heterocycles. The van der Waals surface area contributed by atoms with Crippen LogP contribution in [0.25, 0.3) is 0 Å². The molecule has 1 aromatic rings. The van der Waals surface area contributed by atoms with E-state index >= 15 is 0 Å². The molecular weight excluding hydrogens is 300 g/mol. The maximum absolute atomic E-state index is 10.6. The SMILES string of the molecule is O=[N+]([O-])c1cnc(NCCN2CCCC2)c(Br)c1.